The van der Waals surface area contributed by atoms with Crippen molar-refractivity contribution >= 4 is 16.7 Å². The van der Waals surface area contributed by atoms with Gasteiger partial charge in [-0.3, -0.25) is 14.8 Å². The molecule has 0 bridgehead atoms. The van der Waals surface area contributed by atoms with Crippen LogP contribution in [0.15, 0.2) is 48.8 Å². The normalized spacial score (nSPS) is 11.1. The van der Waals surface area contributed by atoms with Gasteiger partial charge in [-0.05, 0) is 49.2 Å². The van der Waals surface area contributed by atoms with Gasteiger partial charge in [0.05, 0.1) is 18.5 Å². The predicted molar refractivity (Wildman–Crippen MR) is 107 cm³/mol. The molecule has 5 nitrogen and oxygen atoms in total. The Kier molecular flexibility index (Phi) is 6.14. The fourth-order valence-electron chi connectivity index (χ4n) is 3.19. The molecular weight excluding hydrogens is 338 g/mol. The SMILES string of the molecule is COC(=O)CCc1cccc(Cc2nc(CN(C)C)cc3ccncc23)c1. The Morgan fingerprint density at radius 1 is 1.15 bits per heavy atom. The molecule has 0 saturated heterocycles. The number of carbonyl (C=O) groups excluding carboxylic acids is 1. The minimum absolute atomic E-state index is 0.185. The lowest BCUT2D eigenvalue weighted by atomic mass is 10.0. The van der Waals surface area contributed by atoms with Crippen LogP contribution in [0.3, 0.4) is 0 Å². The van der Waals surface area contributed by atoms with Gasteiger partial charge in [0.1, 0.15) is 0 Å². The van der Waals surface area contributed by atoms with Gasteiger partial charge in [0.15, 0.2) is 0 Å². The van der Waals surface area contributed by atoms with Gasteiger partial charge >= 0.3 is 5.97 Å². The number of aromatic nitrogens is 2. The van der Waals surface area contributed by atoms with Gasteiger partial charge in [0.25, 0.3) is 0 Å². The molecule has 0 aliphatic heterocycles. The van der Waals surface area contributed by atoms with Crippen LogP contribution in [0.1, 0.15) is 28.9 Å². The summed E-state index contributed by atoms with van der Waals surface area (Å²) in [7, 11) is 5.51. The summed E-state index contributed by atoms with van der Waals surface area (Å²) in [6.07, 6.45) is 5.51. The van der Waals surface area contributed by atoms with E-state index in [9.17, 15) is 4.79 Å². The van der Waals surface area contributed by atoms with E-state index in [0.717, 1.165) is 40.7 Å². The fourth-order valence-corrected chi connectivity index (χ4v) is 3.19. The van der Waals surface area contributed by atoms with Crippen LogP contribution in [0.4, 0.5) is 0 Å². The summed E-state index contributed by atoms with van der Waals surface area (Å²) in [5, 5.41) is 2.24. The minimum Gasteiger partial charge on any atom is -0.469 e. The van der Waals surface area contributed by atoms with Gasteiger partial charge in [-0.25, -0.2) is 0 Å². The second-order valence-electron chi connectivity index (χ2n) is 6.97. The summed E-state index contributed by atoms with van der Waals surface area (Å²) in [5.74, 6) is -0.185. The van der Waals surface area contributed by atoms with E-state index in [2.05, 4.69) is 28.1 Å². The largest absolute Gasteiger partial charge is 0.469 e. The summed E-state index contributed by atoms with van der Waals surface area (Å²) in [5.41, 5.74) is 4.39. The van der Waals surface area contributed by atoms with Crippen molar-refractivity contribution in [2.75, 3.05) is 21.2 Å². The van der Waals surface area contributed by atoms with Gasteiger partial charge in [0.2, 0.25) is 0 Å². The van der Waals surface area contributed by atoms with Crippen LogP contribution in [0.5, 0.6) is 0 Å². The van der Waals surface area contributed by atoms with Crippen molar-refractivity contribution in [1.82, 2.24) is 14.9 Å². The molecule has 27 heavy (non-hydrogen) atoms. The highest BCUT2D eigenvalue weighted by Crippen LogP contribution is 2.21. The molecule has 0 radical (unpaired) electrons. The number of pyridine rings is 2. The number of methoxy groups -OCH3 is 1. The van der Waals surface area contributed by atoms with E-state index in [1.54, 1.807) is 0 Å². The maximum Gasteiger partial charge on any atom is 0.305 e. The first kappa shape index (κ1) is 19.0. The first-order valence-electron chi connectivity index (χ1n) is 9.07. The Hall–Kier alpha value is -2.79. The molecule has 3 aromatic rings. The van der Waals surface area contributed by atoms with Gasteiger partial charge in [-0.15, -0.1) is 0 Å². The highest BCUT2D eigenvalue weighted by molar-refractivity contribution is 5.84. The Labute approximate surface area is 160 Å². The third-order valence-corrected chi connectivity index (χ3v) is 4.45. The van der Waals surface area contributed by atoms with Crippen molar-refractivity contribution < 1.29 is 9.53 Å². The summed E-state index contributed by atoms with van der Waals surface area (Å²) in [6, 6.07) is 12.5. The van der Waals surface area contributed by atoms with Gasteiger partial charge in [0, 0.05) is 37.2 Å². The molecule has 0 aliphatic rings. The molecule has 0 fully saturated rings. The molecule has 0 saturated carbocycles. The van der Waals surface area contributed by atoms with E-state index >= 15 is 0 Å². The zero-order valence-corrected chi connectivity index (χ0v) is 16.1. The van der Waals surface area contributed by atoms with E-state index in [0.29, 0.717) is 12.8 Å². The van der Waals surface area contributed by atoms with Crippen LogP contribution >= 0.6 is 0 Å². The van der Waals surface area contributed by atoms with Crippen molar-refractivity contribution in [1.29, 1.82) is 0 Å². The molecule has 5 heteroatoms. The van der Waals surface area contributed by atoms with E-state index in [-0.39, 0.29) is 5.97 Å². The number of carbonyl (C=O) groups is 1. The average Bonchev–Trinajstić information content (AvgIpc) is 2.66. The number of nitrogens with zero attached hydrogens (tertiary/aromatic N) is 3. The molecule has 0 aliphatic carbocycles. The topological polar surface area (TPSA) is 55.3 Å². The van der Waals surface area contributed by atoms with Crippen LogP contribution < -0.4 is 0 Å². The van der Waals surface area contributed by atoms with Crippen LogP contribution in [0.2, 0.25) is 0 Å². The summed E-state index contributed by atoms with van der Waals surface area (Å²) in [6.45, 7) is 0.796. The first-order chi connectivity index (χ1) is 13.0. The molecule has 0 spiro atoms. The number of fused-ring (bicyclic) bond motifs is 1. The van der Waals surface area contributed by atoms with Crippen molar-refractivity contribution in [3.05, 3.63) is 71.3 Å². The molecule has 3 rings (SSSR count). The van der Waals surface area contributed by atoms with Crippen molar-refractivity contribution in [3.63, 3.8) is 0 Å². The van der Waals surface area contributed by atoms with Crippen LogP contribution in [-0.2, 0) is 28.9 Å². The third kappa shape index (κ3) is 5.11. The van der Waals surface area contributed by atoms with E-state index < -0.39 is 0 Å². The highest BCUT2D eigenvalue weighted by Gasteiger charge is 2.09. The Morgan fingerprint density at radius 3 is 2.74 bits per heavy atom. The number of hydrogen-bond acceptors (Lipinski definition) is 5. The smallest absolute Gasteiger partial charge is 0.305 e. The van der Waals surface area contributed by atoms with Crippen LogP contribution in [-0.4, -0.2) is 42.0 Å². The summed E-state index contributed by atoms with van der Waals surface area (Å²) < 4.78 is 4.73. The van der Waals surface area contributed by atoms with Gasteiger partial charge in [-0.2, -0.15) is 0 Å². The van der Waals surface area contributed by atoms with Crippen LogP contribution in [0, 0.1) is 0 Å². The number of hydrogen-bond donors (Lipinski definition) is 0. The van der Waals surface area contributed by atoms with E-state index in [1.807, 2.05) is 44.7 Å². The van der Waals surface area contributed by atoms with Crippen LogP contribution in [0.25, 0.3) is 10.8 Å². The monoisotopic (exact) mass is 363 g/mol. The number of rotatable bonds is 7. The molecule has 2 aromatic heterocycles. The van der Waals surface area contributed by atoms with Crippen molar-refractivity contribution in [2.45, 2.75) is 25.8 Å². The van der Waals surface area contributed by atoms with Gasteiger partial charge in [-0.1, -0.05) is 24.3 Å². The third-order valence-electron chi connectivity index (χ3n) is 4.45. The van der Waals surface area contributed by atoms with Gasteiger partial charge < -0.3 is 9.64 Å². The quantitative estimate of drug-likeness (QED) is 0.602. The molecule has 0 atom stereocenters. The maximum absolute atomic E-state index is 11.4. The molecule has 1 aromatic carbocycles. The molecule has 140 valence electrons. The molecular formula is C22H25N3O2. The Balaban J connectivity index is 1.88. The number of ether oxygens (including phenoxy) is 1. The summed E-state index contributed by atoms with van der Waals surface area (Å²) >= 11 is 0. The zero-order valence-electron chi connectivity index (χ0n) is 16.1. The first-order valence-corrected chi connectivity index (χ1v) is 9.07. The van der Waals surface area contributed by atoms with E-state index in [1.165, 1.54) is 12.7 Å². The second-order valence-corrected chi connectivity index (χ2v) is 6.97. The van der Waals surface area contributed by atoms with Crippen molar-refractivity contribution in [3.8, 4) is 0 Å². The predicted octanol–water partition coefficient (Wildman–Crippen LogP) is 3.39. The zero-order chi connectivity index (χ0) is 19.2. The molecule has 0 unspecified atom stereocenters. The minimum atomic E-state index is -0.185. The highest BCUT2D eigenvalue weighted by atomic mass is 16.5. The lowest BCUT2D eigenvalue weighted by Crippen LogP contribution is -2.13. The fraction of sp³-hybridized carbons (Fsp3) is 0.318. The Morgan fingerprint density at radius 2 is 1.96 bits per heavy atom. The standard InChI is InChI=1S/C22H25N3O2/c1-25(2)15-19-13-18-9-10-23-14-20(18)21(24-19)12-17-6-4-5-16(11-17)7-8-22(26)27-3/h4-6,9-11,13-14H,7-8,12,15H2,1-3H3. The molecule has 2 heterocycles. The number of esters is 1. The molecule has 0 N–H and O–H groups in total. The molecule has 0 amide bonds. The average molecular weight is 363 g/mol. The maximum atomic E-state index is 11.4. The van der Waals surface area contributed by atoms with Crippen molar-refractivity contribution in [2.24, 2.45) is 0 Å². The number of aryl methyl sites for hydroxylation is 1. The second kappa shape index (κ2) is 8.73. The lowest BCUT2D eigenvalue weighted by Gasteiger charge is -2.13. The Bertz CT molecular complexity index is 938. The lowest BCUT2D eigenvalue weighted by molar-refractivity contribution is -0.140. The van der Waals surface area contributed by atoms with E-state index in [4.69, 9.17) is 9.72 Å². The summed E-state index contributed by atoms with van der Waals surface area (Å²) in [4.78, 5) is 22.7. The number of benzene rings is 1.